The Morgan fingerprint density at radius 2 is 1.95 bits per heavy atom. The number of nitrogens with zero attached hydrogens (tertiary/aromatic N) is 1. The van der Waals surface area contributed by atoms with Gasteiger partial charge in [0.2, 0.25) is 0 Å². The number of carbonyl (C=O) groups excluding carboxylic acids is 1. The highest BCUT2D eigenvalue weighted by atomic mass is 16.5. The van der Waals surface area contributed by atoms with E-state index in [1.54, 1.807) is 55.6 Å². The zero-order chi connectivity index (χ0) is 15.8. The van der Waals surface area contributed by atoms with Crippen LogP contribution in [0.4, 0.5) is 5.69 Å². The minimum absolute atomic E-state index is 0.237. The number of rotatable bonds is 6. The van der Waals surface area contributed by atoms with E-state index in [0.717, 1.165) is 0 Å². The Hall–Kier alpha value is -2.84. The Balaban J connectivity index is 1.99. The van der Waals surface area contributed by atoms with Crippen molar-refractivity contribution >= 4 is 11.6 Å². The minimum atomic E-state index is -0.237. The highest BCUT2D eigenvalue weighted by molar-refractivity contribution is 6.04. The van der Waals surface area contributed by atoms with Gasteiger partial charge in [-0.2, -0.15) is 5.26 Å². The number of hydrogen-bond acceptors (Lipinski definition) is 4. The van der Waals surface area contributed by atoms with Crippen LogP contribution in [0.3, 0.4) is 0 Å². The molecule has 0 spiro atoms. The molecule has 2 aromatic carbocycles. The molecule has 5 heteroatoms. The Bertz CT molecular complexity index is 675. The van der Waals surface area contributed by atoms with Gasteiger partial charge < -0.3 is 14.8 Å². The van der Waals surface area contributed by atoms with Crippen LogP contribution < -0.4 is 10.1 Å². The zero-order valence-electron chi connectivity index (χ0n) is 12.2. The highest BCUT2D eigenvalue weighted by Gasteiger charge is 2.06. The van der Waals surface area contributed by atoms with Crippen molar-refractivity contribution in [3.05, 3.63) is 59.7 Å². The van der Waals surface area contributed by atoms with Gasteiger partial charge in [-0.15, -0.1) is 0 Å². The molecule has 5 nitrogen and oxygen atoms in total. The van der Waals surface area contributed by atoms with Gasteiger partial charge in [-0.1, -0.05) is 6.07 Å². The number of anilines is 1. The second kappa shape index (κ2) is 7.81. The SMILES string of the molecule is COCCOc1ccc(C(=O)Nc2cccc(C#N)c2)cc1. The Morgan fingerprint density at radius 1 is 1.18 bits per heavy atom. The summed E-state index contributed by atoms with van der Waals surface area (Å²) in [6.07, 6.45) is 0. The second-order valence-electron chi connectivity index (χ2n) is 4.51. The number of carbonyl (C=O) groups is 1. The number of methoxy groups -OCH3 is 1. The summed E-state index contributed by atoms with van der Waals surface area (Å²) in [7, 11) is 1.61. The molecule has 22 heavy (non-hydrogen) atoms. The minimum Gasteiger partial charge on any atom is -0.491 e. The normalized spacial score (nSPS) is 9.82. The lowest BCUT2D eigenvalue weighted by Gasteiger charge is -2.08. The van der Waals surface area contributed by atoms with Crippen molar-refractivity contribution in [3.63, 3.8) is 0 Å². The van der Waals surface area contributed by atoms with Crippen molar-refractivity contribution in [2.75, 3.05) is 25.6 Å². The molecule has 0 aliphatic rings. The predicted octanol–water partition coefficient (Wildman–Crippen LogP) is 2.84. The molecule has 0 saturated carbocycles. The number of amides is 1. The van der Waals surface area contributed by atoms with E-state index in [2.05, 4.69) is 5.32 Å². The Labute approximate surface area is 129 Å². The fourth-order valence-corrected chi connectivity index (χ4v) is 1.82. The molecule has 0 aliphatic carbocycles. The average molecular weight is 296 g/mol. The van der Waals surface area contributed by atoms with Crippen LogP contribution in [0.1, 0.15) is 15.9 Å². The maximum absolute atomic E-state index is 12.1. The first-order chi connectivity index (χ1) is 10.7. The van der Waals surface area contributed by atoms with Gasteiger partial charge in [-0.25, -0.2) is 0 Å². The number of benzene rings is 2. The summed E-state index contributed by atoms with van der Waals surface area (Å²) in [6, 6.07) is 15.6. The number of hydrogen-bond donors (Lipinski definition) is 1. The van der Waals surface area contributed by atoms with Gasteiger partial charge in [0.25, 0.3) is 5.91 Å². The largest absolute Gasteiger partial charge is 0.491 e. The van der Waals surface area contributed by atoms with Crippen molar-refractivity contribution in [1.82, 2.24) is 0 Å². The molecule has 0 saturated heterocycles. The summed E-state index contributed by atoms with van der Waals surface area (Å²) in [5.74, 6) is 0.443. The summed E-state index contributed by atoms with van der Waals surface area (Å²) >= 11 is 0. The molecule has 2 rings (SSSR count). The standard InChI is InChI=1S/C17H16N2O3/c1-21-9-10-22-16-7-5-14(6-8-16)17(20)19-15-4-2-3-13(11-15)12-18/h2-8,11H,9-10H2,1H3,(H,19,20). The van der Waals surface area contributed by atoms with Crippen LogP contribution in [0.5, 0.6) is 5.75 Å². The summed E-state index contributed by atoms with van der Waals surface area (Å²) < 4.78 is 10.3. The lowest BCUT2D eigenvalue weighted by Crippen LogP contribution is -2.12. The fraction of sp³-hybridized carbons (Fsp3) is 0.176. The van der Waals surface area contributed by atoms with Crippen molar-refractivity contribution in [1.29, 1.82) is 5.26 Å². The van der Waals surface area contributed by atoms with Crippen LogP contribution in [-0.2, 0) is 4.74 Å². The zero-order valence-corrected chi connectivity index (χ0v) is 12.2. The molecule has 0 unspecified atom stereocenters. The van der Waals surface area contributed by atoms with Gasteiger partial charge in [0, 0.05) is 18.4 Å². The van der Waals surface area contributed by atoms with Crippen LogP contribution in [0, 0.1) is 11.3 Å². The molecule has 112 valence electrons. The summed E-state index contributed by atoms with van der Waals surface area (Å²) in [5.41, 5.74) is 1.60. The van der Waals surface area contributed by atoms with Crippen molar-refractivity contribution in [3.8, 4) is 11.8 Å². The van der Waals surface area contributed by atoms with Crippen LogP contribution in [0.25, 0.3) is 0 Å². The second-order valence-corrected chi connectivity index (χ2v) is 4.51. The highest BCUT2D eigenvalue weighted by Crippen LogP contribution is 2.15. The fourth-order valence-electron chi connectivity index (χ4n) is 1.82. The van der Waals surface area contributed by atoms with E-state index in [1.807, 2.05) is 6.07 Å². The molecule has 0 fully saturated rings. The quantitative estimate of drug-likeness (QED) is 0.832. The Morgan fingerprint density at radius 3 is 2.64 bits per heavy atom. The summed E-state index contributed by atoms with van der Waals surface area (Å²) in [5, 5.41) is 11.6. The van der Waals surface area contributed by atoms with Gasteiger partial charge in [0.15, 0.2) is 0 Å². The smallest absolute Gasteiger partial charge is 0.255 e. The average Bonchev–Trinajstić information content (AvgIpc) is 2.56. The van der Waals surface area contributed by atoms with Crippen molar-refractivity contribution in [2.24, 2.45) is 0 Å². The number of nitriles is 1. The van der Waals surface area contributed by atoms with Crippen LogP contribution in [0.15, 0.2) is 48.5 Å². The van der Waals surface area contributed by atoms with E-state index in [4.69, 9.17) is 14.7 Å². The maximum Gasteiger partial charge on any atom is 0.255 e. The first kappa shape index (κ1) is 15.5. The maximum atomic E-state index is 12.1. The van der Waals surface area contributed by atoms with Crippen LogP contribution >= 0.6 is 0 Å². The predicted molar refractivity (Wildman–Crippen MR) is 82.9 cm³/mol. The molecule has 0 aromatic heterocycles. The molecule has 1 amide bonds. The van der Waals surface area contributed by atoms with Crippen LogP contribution in [0.2, 0.25) is 0 Å². The number of ether oxygens (including phenoxy) is 2. The van der Waals surface area contributed by atoms with Gasteiger partial charge >= 0.3 is 0 Å². The molecule has 2 aromatic rings. The molecule has 0 atom stereocenters. The molecular weight excluding hydrogens is 280 g/mol. The van der Waals surface area contributed by atoms with E-state index >= 15 is 0 Å². The van der Waals surface area contributed by atoms with E-state index in [-0.39, 0.29) is 5.91 Å². The van der Waals surface area contributed by atoms with Crippen molar-refractivity contribution in [2.45, 2.75) is 0 Å². The third-order valence-corrected chi connectivity index (χ3v) is 2.92. The third-order valence-electron chi connectivity index (χ3n) is 2.92. The van der Waals surface area contributed by atoms with E-state index in [0.29, 0.717) is 35.8 Å². The Kier molecular flexibility index (Phi) is 5.52. The molecule has 0 heterocycles. The van der Waals surface area contributed by atoms with Gasteiger partial charge in [-0.05, 0) is 42.5 Å². The van der Waals surface area contributed by atoms with E-state index in [1.165, 1.54) is 0 Å². The first-order valence-electron chi connectivity index (χ1n) is 6.76. The van der Waals surface area contributed by atoms with Crippen LogP contribution in [-0.4, -0.2) is 26.2 Å². The summed E-state index contributed by atoms with van der Waals surface area (Å²) in [6.45, 7) is 0.973. The monoisotopic (exact) mass is 296 g/mol. The lowest BCUT2D eigenvalue weighted by atomic mass is 10.2. The van der Waals surface area contributed by atoms with Gasteiger partial charge in [-0.3, -0.25) is 4.79 Å². The number of nitrogens with one attached hydrogen (secondary N) is 1. The molecule has 0 bridgehead atoms. The molecular formula is C17H16N2O3. The van der Waals surface area contributed by atoms with Crippen molar-refractivity contribution < 1.29 is 14.3 Å². The lowest BCUT2D eigenvalue weighted by molar-refractivity contribution is 0.102. The van der Waals surface area contributed by atoms with E-state index < -0.39 is 0 Å². The molecule has 0 radical (unpaired) electrons. The molecule has 0 aliphatic heterocycles. The third kappa shape index (κ3) is 4.33. The molecule has 1 N–H and O–H groups in total. The van der Waals surface area contributed by atoms with E-state index in [9.17, 15) is 4.79 Å². The van der Waals surface area contributed by atoms with Gasteiger partial charge in [0.1, 0.15) is 12.4 Å². The first-order valence-corrected chi connectivity index (χ1v) is 6.76. The topological polar surface area (TPSA) is 71.3 Å². The summed E-state index contributed by atoms with van der Waals surface area (Å²) in [4.78, 5) is 12.1. The van der Waals surface area contributed by atoms with Gasteiger partial charge in [0.05, 0.1) is 18.2 Å².